The summed E-state index contributed by atoms with van der Waals surface area (Å²) in [6.07, 6.45) is 0. The second kappa shape index (κ2) is 11.1. The summed E-state index contributed by atoms with van der Waals surface area (Å²) >= 11 is 0. The van der Waals surface area contributed by atoms with Gasteiger partial charge in [-0.15, -0.1) is 0 Å². The fourth-order valence-electron chi connectivity index (χ4n) is 7.91. The van der Waals surface area contributed by atoms with Crippen LogP contribution < -0.4 is 4.90 Å². The van der Waals surface area contributed by atoms with E-state index in [9.17, 15) is 0 Å². The molecular weight excluding hydrogens is 607 g/mol. The van der Waals surface area contributed by atoms with Gasteiger partial charge in [0.15, 0.2) is 5.69 Å². The molecule has 10 rings (SSSR count). The van der Waals surface area contributed by atoms with E-state index >= 15 is 0 Å². The maximum absolute atomic E-state index is 7.48. The van der Waals surface area contributed by atoms with Crippen molar-refractivity contribution in [3.8, 4) is 16.8 Å². The van der Waals surface area contributed by atoms with Gasteiger partial charge in [0, 0.05) is 33.2 Å². The topological polar surface area (TPSA) is 12.5 Å². The molecule has 0 spiro atoms. The van der Waals surface area contributed by atoms with E-state index in [0.717, 1.165) is 22.7 Å². The van der Waals surface area contributed by atoms with Crippen molar-refractivity contribution < 1.29 is 0 Å². The molecule has 9 aromatic carbocycles. The van der Waals surface area contributed by atoms with E-state index in [-0.39, 0.29) is 0 Å². The van der Waals surface area contributed by atoms with E-state index in [4.69, 9.17) is 6.57 Å². The zero-order valence-electron chi connectivity index (χ0n) is 27.1. The first-order valence-electron chi connectivity index (χ1n) is 16.9. The molecular formula is C47H29N3. The molecule has 0 saturated heterocycles. The van der Waals surface area contributed by atoms with Crippen molar-refractivity contribution in [1.82, 2.24) is 4.57 Å². The van der Waals surface area contributed by atoms with E-state index in [1.165, 1.54) is 65.3 Å². The molecule has 0 amide bonds. The monoisotopic (exact) mass is 635 g/mol. The van der Waals surface area contributed by atoms with Gasteiger partial charge in [0.25, 0.3) is 0 Å². The van der Waals surface area contributed by atoms with Crippen molar-refractivity contribution in [2.45, 2.75) is 0 Å². The van der Waals surface area contributed by atoms with Gasteiger partial charge in [0.2, 0.25) is 0 Å². The average molecular weight is 636 g/mol. The van der Waals surface area contributed by atoms with Crippen molar-refractivity contribution >= 4 is 76.9 Å². The summed E-state index contributed by atoms with van der Waals surface area (Å²) in [5, 5.41) is 9.93. The lowest BCUT2D eigenvalue weighted by Gasteiger charge is -2.28. The second-order valence-electron chi connectivity index (χ2n) is 12.8. The molecule has 232 valence electrons. The molecule has 0 atom stereocenters. The number of para-hydroxylation sites is 3. The molecule has 0 fully saturated rings. The highest BCUT2D eigenvalue weighted by Gasteiger charge is 2.20. The van der Waals surface area contributed by atoms with Crippen molar-refractivity contribution in [3.63, 3.8) is 0 Å². The van der Waals surface area contributed by atoms with E-state index < -0.39 is 0 Å². The van der Waals surface area contributed by atoms with Gasteiger partial charge in [-0.2, -0.15) is 0 Å². The summed E-state index contributed by atoms with van der Waals surface area (Å²) in [6.45, 7) is 7.48. The SMILES string of the molecule is [C-]#[N+]c1ccc(N(c2ccccc2)c2ccc3ccc4c(-c5ccc6c(c5)c5ccccc5n6-c5ccccc5)ccc5ccc2c3c54)cc1. The van der Waals surface area contributed by atoms with Crippen LogP contribution in [-0.4, -0.2) is 4.57 Å². The number of hydrogen-bond donors (Lipinski definition) is 0. The number of benzene rings is 9. The van der Waals surface area contributed by atoms with Gasteiger partial charge in [-0.05, 0) is 98.7 Å². The highest BCUT2D eigenvalue weighted by molar-refractivity contribution is 6.28. The standard InChI is InChI=1S/C47H29N3/c1-48-34-21-23-37(24-22-34)49(35-10-4-2-5-11-35)44-28-19-32-17-26-40-38(25-16-31-18-27-41(44)47(32)46(31)40)33-20-29-45-42(30-33)39-14-8-9-15-43(39)50(45)36-12-6-3-7-13-36/h2-30H. The van der Waals surface area contributed by atoms with Gasteiger partial charge in [0.05, 0.1) is 23.3 Å². The molecule has 3 nitrogen and oxygen atoms in total. The minimum atomic E-state index is 0.632. The number of hydrogen-bond acceptors (Lipinski definition) is 1. The van der Waals surface area contributed by atoms with Crippen LogP contribution in [0.2, 0.25) is 0 Å². The molecule has 0 bridgehead atoms. The normalized spacial score (nSPS) is 11.6. The van der Waals surface area contributed by atoms with Crippen LogP contribution in [-0.2, 0) is 0 Å². The molecule has 0 N–H and O–H groups in total. The molecule has 1 aromatic heterocycles. The van der Waals surface area contributed by atoms with Gasteiger partial charge >= 0.3 is 0 Å². The molecule has 0 saturated carbocycles. The van der Waals surface area contributed by atoms with E-state index in [1.54, 1.807) is 0 Å². The number of aromatic nitrogens is 1. The van der Waals surface area contributed by atoms with E-state index in [2.05, 4.69) is 160 Å². The Morgan fingerprint density at radius 2 is 1.08 bits per heavy atom. The predicted molar refractivity (Wildman–Crippen MR) is 211 cm³/mol. The molecule has 1 heterocycles. The van der Waals surface area contributed by atoms with Gasteiger partial charge in [0.1, 0.15) is 0 Å². The largest absolute Gasteiger partial charge is 0.310 e. The van der Waals surface area contributed by atoms with E-state index in [1.807, 2.05) is 30.3 Å². The Labute approximate surface area is 289 Å². The molecule has 0 aliphatic heterocycles. The van der Waals surface area contributed by atoms with E-state index in [0.29, 0.717) is 5.69 Å². The van der Waals surface area contributed by atoms with Crippen LogP contribution in [0.4, 0.5) is 22.7 Å². The Balaban J connectivity index is 1.20. The Kier molecular flexibility index (Phi) is 6.24. The highest BCUT2D eigenvalue weighted by atomic mass is 15.1. The minimum absolute atomic E-state index is 0.632. The molecule has 10 aromatic rings. The summed E-state index contributed by atoms with van der Waals surface area (Å²) in [5.41, 5.74) is 9.83. The third kappa shape index (κ3) is 4.23. The first-order valence-corrected chi connectivity index (χ1v) is 16.9. The molecule has 0 radical (unpaired) electrons. The third-order valence-corrected chi connectivity index (χ3v) is 10.1. The van der Waals surface area contributed by atoms with Crippen molar-refractivity contribution in [3.05, 3.63) is 187 Å². The lowest BCUT2D eigenvalue weighted by Crippen LogP contribution is -2.10. The lowest BCUT2D eigenvalue weighted by molar-refractivity contribution is 1.18. The third-order valence-electron chi connectivity index (χ3n) is 10.1. The van der Waals surface area contributed by atoms with Crippen LogP contribution in [0.3, 0.4) is 0 Å². The minimum Gasteiger partial charge on any atom is -0.310 e. The number of rotatable bonds is 5. The zero-order chi connectivity index (χ0) is 33.2. The van der Waals surface area contributed by atoms with Crippen LogP contribution in [0.1, 0.15) is 0 Å². The first-order chi connectivity index (χ1) is 24.8. The van der Waals surface area contributed by atoms with Crippen LogP contribution in [0.5, 0.6) is 0 Å². The van der Waals surface area contributed by atoms with Crippen molar-refractivity contribution in [1.29, 1.82) is 0 Å². The van der Waals surface area contributed by atoms with Crippen molar-refractivity contribution in [2.75, 3.05) is 4.90 Å². The highest BCUT2D eigenvalue weighted by Crippen LogP contribution is 2.46. The Morgan fingerprint density at radius 3 is 1.86 bits per heavy atom. The van der Waals surface area contributed by atoms with Crippen LogP contribution >= 0.6 is 0 Å². The number of fused-ring (bicyclic) bond motifs is 3. The molecule has 3 heteroatoms. The number of anilines is 3. The van der Waals surface area contributed by atoms with Crippen LogP contribution in [0.15, 0.2) is 176 Å². The van der Waals surface area contributed by atoms with Gasteiger partial charge in [-0.25, -0.2) is 4.85 Å². The van der Waals surface area contributed by atoms with Crippen molar-refractivity contribution in [2.24, 2.45) is 0 Å². The summed E-state index contributed by atoms with van der Waals surface area (Å²) < 4.78 is 2.37. The maximum Gasteiger partial charge on any atom is 0.187 e. The first kappa shape index (κ1) is 28.2. The van der Waals surface area contributed by atoms with Gasteiger partial charge < -0.3 is 9.47 Å². The predicted octanol–water partition coefficient (Wildman–Crippen LogP) is 13.4. The quantitative estimate of drug-likeness (QED) is 0.135. The zero-order valence-corrected chi connectivity index (χ0v) is 27.1. The summed E-state index contributed by atoms with van der Waals surface area (Å²) in [5.74, 6) is 0. The Hall–Kier alpha value is -6.89. The molecule has 0 aliphatic carbocycles. The average Bonchev–Trinajstić information content (AvgIpc) is 3.52. The fraction of sp³-hybridized carbons (Fsp3) is 0. The summed E-state index contributed by atoms with van der Waals surface area (Å²) in [4.78, 5) is 5.93. The Bertz CT molecular complexity index is 2910. The summed E-state index contributed by atoms with van der Waals surface area (Å²) in [6, 6.07) is 62.8. The smallest absolute Gasteiger partial charge is 0.187 e. The van der Waals surface area contributed by atoms with Crippen LogP contribution in [0.25, 0.3) is 75.8 Å². The maximum atomic E-state index is 7.48. The lowest BCUT2D eigenvalue weighted by atomic mass is 9.89. The molecule has 0 unspecified atom stereocenters. The van der Waals surface area contributed by atoms with Crippen LogP contribution in [0, 0.1) is 6.57 Å². The van der Waals surface area contributed by atoms with Gasteiger partial charge in [-0.3, -0.25) is 0 Å². The second-order valence-corrected chi connectivity index (χ2v) is 12.8. The number of nitrogens with zero attached hydrogens (tertiary/aromatic N) is 3. The molecule has 50 heavy (non-hydrogen) atoms. The fourth-order valence-corrected chi connectivity index (χ4v) is 7.91. The van der Waals surface area contributed by atoms with Gasteiger partial charge in [-0.1, -0.05) is 115 Å². The molecule has 0 aliphatic rings. The Morgan fingerprint density at radius 1 is 0.460 bits per heavy atom. The summed E-state index contributed by atoms with van der Waals surface area (Å²) in [7, 11) is 0.